The number of nitrogens with zero attached hydrogens (tertiary/aromatic N) is 4. The third kappa shape index (κ3) is 5.21. The summed E-state index contributed by atoms with van der Waals surface area (Å²) in [7, 11) is 0. The summed E-state index contributed by atoms with van der Waals surface area (Å²) in [6.45, 7) is 4.96. The summed E-state index contributed by atoms with van der Waals surface area (Å²) in [6.07, 6.45) is 0.941. The van der Waals surface area contributed by atoms with Crippen LogP contribution >= 0.6 is 0 Å². The van der Waals surface area contributed by atoms with Gasteiger partial charge >= 0.3 is 5.97 Å². The summed E-state index contributed by atoms with van der Waals surface area (Å²) in [5.74, 6) is -0.113. The molecule has 1 aromatic heterocycles. The number of anilines is 1. The van der Waals surface area contributed by atoms with Gasteiger partial charge in [0.25, 0.3) is 0 Å². The Hall–Kier alpha value is -4.46. The largest absolute Gasteiger partial charge is 0.461 e. The topological polar surface area (TPSA) is 67.7 Å². The van der Waals surface area contributed by atoms with Gasteiger partial charge in [0.2, 0.25) is 5.91 Å². The Balaban J connectivity index is 1.14. The first-order valence-corrected chi connectivity index (χ1v) is 13.7. The number of ether oxygens (including phenoxy) is 1. The summed E-state index contributed by atoms with van der Waals surface area (Å²) in [4.78, 5) is 29.8. The normalized spacial score (nSPS) is 18.4. The molecule has 204 valence electrons. The van der Waals surface area contributed by atoms with Crippen LogP contribution in [0.4, 0.5) is 10.1 Å². The second kappa shape index (κ2) is 11.0. The Morgan fingerprint density at radius 2 is 1.57 bits per heavy atom. The fourth-order valence-corrected chi connectivity index (χ4v) is 5.47. The predicted octanol–water partition coefficient (Wildman–Crippen LogP) is 5.31. The van der Waals surface area contributed by atoms with Gasteiger partial charge in [0, 0.05) is 43.3 Å². The molecule has 1 saturated heterocycles. The lowest BCUT2D eigenvalue weighted by Gasteiger charge is -2.36. The smallest absolute Gasteiger partial charge is 0.358 e. The zero-order valence-corrected chi connectivity index (χ0v) is 22.4. The van der Waals surface area contributed by atoms with Crippen molar-refractivity contribution in [1.29, 1.82) is 0 Å². The quantitative estimate of drug-likeness (QED) is 0.299. The second-order valence-corrected chi connectivity index (χ2v) is 10.2. The van der Waals surface area contributed by atoms with Gasteiger partial charge in [-0.3, -0.25) is 4.79 Å². The lowest BCUT2D eigenvalue weighted by Crippen LogP contribution is -2.49. The van der Waals surface area contributed by atoms with E-state index < -0.39 is 5.97 Å². The molecule has 2 aliphatic rings. The van der Waals surface area contributed by atoms with Gasteiger partial charge in [0.1, 0.15) is 5.82 Å². The predicted molar refractivity (Wildman–Crippen MR) is 151 cm³/mol. The highest BCUT2D eigenvalue weighted by atomic mass is 19.1. The molecule has 0 unspecified atom stereocenters. The molecule has 4 aromatic rings. The van der Waals surface area contributed by atoms with E-state index in [1.165, 1.54) is 17.7 Å². The number of aromatic nitrogens is 2. The van der Waals surface area contributed by atoms with Crippen LogP contribution in [0.5, 0.6) is 0 Å². The van der Waals surface area contributed by atoms with E-state index >= 15 is 0 Å². The van der Waals surface area contributed by atoms with Gasteiger partial charge in [-0.25, -0.2) is 13.9 Å². The van der Waals surface area contributed by atoms with Crippen molar-refractivity contribution in [3.05, 3.63) is 102 Å². The molecular formula is C32H31FN4O3. The number of amides is 1. The summed E-state index contributed by atoms with van der Waals surface area (Å²) >= 11 is 0. The molecule has 8 heteroatoms. The lowest BCUT2D eigenvalue weighted by molar-refractivity contribution is -0.133. The van der Waals surface area contributed by atoms with E-state index in [1.807, 2.05) is 47.4 Å². The van der Waals surface area contributed by atoms with Crippen LogP contribution in [0.25, 0.3) is 16.9 Å². The fourth-order valence-electron chi connectivity index (χ4n) is 5.47. The van der Waals surface area contributed by atoms with Gasteiger partial charge in [0.05, 0.1) is 18.0 Å². The third-order valence-electron chi connectivity index (χ3n) is 7.72. The Morgan fingerprint density at radius 1 is 0.900 bits per heavy atom. The van der Waals surface area contributed by atoms with Crippen molar-refractivity contribution in [1.82, 2.24) is 14.7 Å². The van der Waals surface area contributed by atoms with Crippen LogP contribution in [0.3, 0.4) is 0 Å². The number of benzene rings is 3. The summed E-state index contributed by atoms with van der Waals surface area (Å²) in [5, 5.41) is 4.46. The molecule has 0 radical (unpaired) electrons. The van der Waals surface area contributed by atoms with Crippen LogP contribution < -0.4 is 4.90 Å². The molecule has 2 heterocycles. The van der Waals surface area contributed by atoms with E-state index in [0.29, 0.717) is 30.4 Å². The number of piperazine rings is 1. The lowest BCUT2D eigenvalue weighted by atomic mass is 10.1. The molecule has 0 bridgehead atoms. The van der Waals surface area contributed by atoms with E-state index in [9.17, 15) is 14.0 Å². The molecule has 1 saturated carbocycles. The van der Waals surface area contributed by atoms with Gasteiger partial charge in [-0.05, 0) is 67.3 Å². The minimum atomic E-state index is -0.505. The molecule has 2 atom stereocenters. The first-order chi connectivity index (χ1) is 19.5. The second-order valence-electron chi connectivity index (χ2n) is 10.2. The summed E-state index contributed by atoms with van der Waals surface area (Å²) < 4.78 is 20.3. The maximum absolute atomic E-state index is 13.5. The Morgan fingerprint density at radius 3 is 2.25 bits per heavy atom. The molecule has 2 fully saturated rings. The molecule has 1 aliphatic carbocycles. The van der Waals surface area contributed by atoms with Crippen molar-refractivity contribution in [2.45, 2.75) is 19.3 Å². The molecule has 40 heavy (non-hydrogen) atoms. The minimum absolute atomic E-state index is 0.110. The van der Waals surface area contributed by atoms with Crippen molar-refractivity contribution in [3.8, 4) is 16.9 Å². The van der Waals surface area contributed by atoms with E-state index in [2.05, 4.69) is 22.1 Å². The molecule has 3 aromatic carbocycles. The van der Waals surface area contributed by atoms with Gasteiger partial charge in [-0.15, -0.1) is 0 Å². The first kappa shape index (κ1) is 25.8. The van der Waals surface area contributed by atoms with Crippen molar-refractivity contribution >= 4 is 17.6 Å². The molecule has 7 nitrogen and oxygen atoms in total. The molecule has 6 rings (SSSR count). The first-order valence-electron chi connectivity index (χ1n) is 13.7. The fraction of sp³-hybridized carbons (Fsp3) is 0.281. The van der Waals surface area contributed by atoms with Crippen LogP contribution in [0.15, 0.2) is 84.9 Å². The van der Waals surface area contributed by atoms with Crippen LogP contribution in [0, 0.1) is 11.7 Å². The number of rotatable bonds is 7. The minimum Gasteiger partial charge on any atom is -0.461 e. The highest BCUT2D eigenvalue weighted by molar-refractivity contribution is 5.89. The summed E-state index contributed by atoms with van der Waals surface area (Å²) in [5.41, 5.74) is 4.73. The highest BCUT2D eigenvalue weighted by Crippen LogP contribution is 2.48. The zero-order chi connectivity index (χ0) is 27.6. The summed E-state index contributed by atoms with van der Waals surface area (Å²) in [6, 6.07) is 26.1. The van der Waals surface area contributed by atoms with E-state index in [4.69, 9.17) is 4.74 Å². The Labute approximate surface area is 232 Å². The Bertz CT molecular complexity index is 1490. The van der Waals surface area contributed by atoms with Crippen molar-refractivity contribution in [2.75, 3.05) is 37.7 Å². The number of halogens is 1. The number of esters is 1. The van der Waals surface area contributed by atoms with Gasteiger partial charge in [0.15, 0.2) is 5.69 Å². The van der Waals surface area contributed by atoms with Crippen molar-refractivity contribution in [2.24, 2.45) is 5.92 Å². The average Bonchev–Trinajstić information content (AvgIpc) is 3.68. The number of carbonyl (C=O) groups is 2. The maximum Gasteiger partial charge on any atom is 0.358 e. The zero-order valence-electron chi connectivity index (χ0n) is 22.4. The molecule has 0 spiro atoms. The van der Waals surface area contributed by atoms with Crippen LogP contribution in [0.1, 0.15) is 35.3 Å². The van der Waals surface area contributed by atoms with E-state index in [-0.39, 0.29) is 29.9 Å². The van der Waals surface area contributed by atoms with Crippen LogP contribution in [-0.2, 0) is 9.53 Å². The number of carbonyl (C=O) groups excluding carboxylic acids is 2. The average molecular weight is 539 g/mol. The third-order valence-corrected chi connectivity index (χ3v) is 7.72. The molecule has 1 aliphatic heterocycles. The van der Waals surface area contributed by atoms with Gasteiger partial charge in [-0.2, -0.15) is 5.10 Å². The highest BCUT2D eigenvalue weighted by Gasteiger charge is 2.46. The van der Waals surface area contributed by atoms with E-state index in [1.54, 1.807) is 29.8 Å². The molecular weight excluding hydrogens is 507 g/mol. The number of hydrogen-bond donors (Lipinski definition) is 0. The standard InChI is InChI=1S/C32H31FN4O3/c1-2-40-32(39)29-21-30(37(34-29)26-14-10-24(33)11-15-26)23-8-12-25(13-9-23)35-16-18-36(19-17-35)31(38)28-20-27(28)22-6-4-3-5-7-22/h3-15,21,27-28H,2,16-20H2,1H3/t27-,28+/m0/s1. The van der Waals surface area contributed by atoms with Gasteiger partial charge in [-0.1, -0.05) is 42.5 Å². The van der Waals surface area contributed by atoms with Crippen molar-refractivity contribution < 1.29 is 18.7 Å². The van der Waals surface area contributed by atoms with Crippen LogP contribution in [-0.4, -0.2) is 59.3 Å². The maximum atomic E-state index is 13.5. The Kier molecular flexibility index (Phi) is 7.07. The van der Waals surface area contributed by atoms with Gasteiger partial charge < -0.3 is 14.5 Å². The SMILES string of the molecule is CCOC(=O)c1cc(-c2ccc(N3CCN(C(=O)[C@@H]4C[C@H]4c4ccccc4)CC3)cc2)n(-c2ccc(F)cc2)n1. The van der Waals surface area contributed by atoms with Crippen molar-refractivity contribution in [3.63, 3.8) is 0 Å². The molecule has 1 amide bonds. The molecule has 0 N–H and O–H groups in total. The van der Waals surface area contributed by atoms with E-state index in [0.717, 1.165) is 30.8 Å². The number of hydrogen-bond acceptors (Lipinski definition) is 5. The monoisotopic (exact) mass is 538 g/mol. The van der Waals surface area contributed by atoms with Crippen LogP contribution in [0.2, 0.25) is 0 Å².